The quantitative estimate of drug-likeness (QED) is 0.310. The molecule has 1 heterocycles. The Labute approximate surface area is 194 Å². The topological polar surface area (TPSA) is 20.3 Å². The number of rotatable bonds is 1. The Balaban J connectivity index is 1.66. The van der Waals surface area contributed by atoms with E-state index in [0.29, 0.717) is 24.9 Å². The molecule has 1 unspecified atom stereocenters. The first kappa shape index (κ1) is 20.8. The number of fused-ring (bicyclic) bond motifs is 2. The van der Waals surface area contributed by atoms with Crippen LogP contribution in [0.3, 0.4) is 0 Å². The molecule has 0 radical (unpaired) electrons. The van der Waals surface area contributed by atoms with Crippen molar-refractivity contribution in [1.82, 2.24) is 4.90 Å². The summed E-state index contributed by atoms with van der Waals surface area (Å²) in [6.45, 7) is 1.27. The van der Waals surface area contributed by atoms with E-state index >= 15 is 0 Å². The van der Waals surface area contributed by atoms with E-state index in [-0.39, 0.29) is 0 Å². The van der Waals surface area contributed by atoms with Crippen molar-refractivity contribution in [3.63, 3.8) is 0 Å². The molecule has 1 fully saturated rings. The van der Waals surface area contributed by atoms with Crippen molar-refractivity contribution in [2.75, 3.05) is 13.1 Å². The van der Waals surface area contributed by atoms with Gasteiger partial charge in [-0.2, -0.15) is 0 Å². The van der Waals surface area contributed by atoms with Gasteiger partial charge in [0, 0.05) is 22.6 Å². The Morgan fingerprint density at radius 1 is 0.964 bits per heavy atom. The number of amides is 1. The fourth-order valence-electron chi connectivity index (χ4n) is 4.71. The lowest BCUT2D eigenvalue weighted by molar-refractivity contribution is -0.131. The monoisotopic (exact) mass is 547 g/mol. The number of carbonyl (C=O) groups excluding carboxylic acids is 1. The molecule has 148 valence electrons. The van der Waals surface area contributed by atoms with Gasteiger partial charge < -0.3 is 4.90 Å². The smallest absolute Gasteiger partial charge is 0.274 e. The molecule has 0 N–H and O–H groups in total. The Morgan fingerprint density at radius 2 is 1.61 bits per heavy atom. The first-order chi connectivity index (χ1) is 13.3. The van der Waals surface area contributed by atoms with Gasteiger partial charge in [0.1, 0.15) is 0 Å². The number of aryl methyl sites for hydroxylation is 2. The summed E-state index contributed by atoms with van der Waals surface area (Å²) < 4.78 is -0.602. The van der Waals surface area contributed by atoms with Gasteiger partial charge in [-0.25, -0.2) is 0 Å². The molecule has 1 saturated heterocycles. The largest absolute Gasteiger partial charge is 0.339 e. The van der Waals surface area contributed by atoms with Crippen LogP contribution in [0.5, 0.6) is 0 Å². The van der Waals surface area contributed by atoms with Crippen LogP contribution in [0.2, 0.25) is 0 Å². The molecule has 1 amide bonds. The molecule has 1 aliphatic heterocycles. The second-order valence-corrected chi connectivity index (χ2v) is 11.2. The number of piperidine rings is 1. The number of nitrogens with zero attached hydrogens (tertiary/aromatic N) is 1. The highest BCUT2D eigenvalue weighted by molar-refractivity contribution is 14.1. The van der Waals surface area contributed by atoms with E-state index in [9.17, 15) is 4.79 Å². The lowest BCUT2D eigenvalue weighted by Crippen LogP contribution is -2.45. The van der Waals surface area contributed by atoms with E-state index < -0.39 is 9.70 Å². The van der Waals surface area contributed by atoms with Gasteiger partial charge in [-0.15, -0.1) is 0 Å². The van der Waals surface area contributed by atoms with E-state index in [1.54, 1.807) is 4.90 Å². The Bertz CT molecular complexity index is 888. The predicted octanol–water partition coefficient (Wildman–Crippen LogP) is 6.13. The van der Waals surface area contributed by atoms with Crippen LogP contribution in [-0.2, 0) is 17.6 Å². The molecule has 1 aliphatic carbocycles. The number of carbonyl (C=O) groups is 1. The zero-order chi connectivity index (χ0) is 19.9. The zero-order valence-electron chi connectivity index (χ0n) is 15.3. The molecule has 2 aromatic carbocycles. The standard InChI is InChI=1S/C22H21Cl3INO/c23-22(24,25)21(28)27-11-9-16(10-12-27)20-18-4-2-1-3-14(18)5-6-15-7-8-17(26)13-19(15)20/h1-4,7-8,13,16,20H,5-6,9-12H2. The summed E-state index contributed by atoms with van der Waals surface area (Å²) in [5.74, 6) is 0.413. The molecule has 1 atom stereocenters. The number of benzene rings is 2. The molecule has 0 saturated carbocycles. The summed E-state index contributed by atoms with van der Waals surface area (Å²) in [6.07, 6.45) is 3.97. The SMILES string of the molecule is O=C(N1CCC(C2c3ccccc3CCc3ccc(I)cc32)CC1)C(Cl)(Cl)Cl. The number of halogens is 4. The van der Waals surface area contributed by atoms with Crippen molar-refractivity contribution in [3.8, 4) is 0 Å². The maximum atomic E-state index is 12.3. The third-order valence-corrected chi connectivity index (χ3v) is 7.19. The third kappa shape index (κ3) is 4.19. The highest BCUT2D eigenvalue weighted by Gasteiger charge is 2.39. The van der Waals surface area contributed by atoms with Gasteiger partial charge in [0.25, 0.3) is 9.70 Å². The lowest BCUT2D eigenvalue weighted by atomic mass is 9.74. The van der Waals surface area contributed by atoms with Crippen molar-refractivity contribution in [2.24, 2.45) is 5.92 Å². The van der Waals surface area contributed by atoms with E-state index in [0.717, 1.165) is 25.7 Å². The fourth-order valence-corrected chi connectivity index (χ4v) is 5.58. The van der Waals surface area contributed by atoms with Gasteiger partial charge >= 0.3 is 0 Å². The second-order valence-electron chi connectivity index (χ2n) is 7.65. The molecule has 0 aromatic heterocycles. The first-order valence-electron chi connectivity index (χ1n) is 9.57. The summed E-state index contributed by atoms with van der Waals surface area (Å²) in [5, 5.41) is 0. The molecule has 2 aliphatic rings. The van der Waals surface area contributed by atoms with E-state index in [2.05, 4.69) is 65.1 Å². The number of likely N-dealkylation sites (tertiary alicyclic amines) is 1. The predicted molar refractivity (Wildman–Crippen MR) is 124 cm³/mol. The van der Waals surface area contributed by atoms with Crippen LogP contribution in [0.15, 0.2) is 42.5 Å². The molecule has 4 rings (SSSR count). The molecule has 28 heavy (non-hydrogen) atoms. The fraction of sp³-hybridized carbons (Fsp3) is 0.409. The van der Waals surface area contributed by atoms with Crippen LogP contribution in [0.1, 0.15) is 41.0 Å². The first-order valence-corrected chi connectivity index (χ1v) is 11.8. The average Bonchev–Trinajstić information content (AvgIpc) is 2.83. The molecule has 2 nitrogen and oxygen atoms in total. The van der Waals surface area contributed by atoms with Crippen molar-refractivity contribution >= 4 is 63.3 Å². The highest BCUT2D eigenvalue weighted by Crippen LogP contribution is 2.44. The minimum atomic E-state index is -1.87. The van der Waals surface area contributed by atoms with Gasteiger partial charge in [-0.3, -0.25) is 4.79 Å². The van der Waals surface area contributed by atoms with Crippen LogP contribution >= 0.6 is 57.4 Å². The molecule has 0 bridgehead atoms. The molecule has 6 heteroatoms. The summed E-state index contributed by atoms with van der Waals surface area (Å²) in [5.41, 5.74) is 5.78. The van der Waals surface area contributed by atoms with E-state index in [4.69, 9.17) is 34.8 Å². The molecule has 0 spiro atoms. The van der Waals surface area contributed by atoms with E-state index in [1.807, 2.05) is 0 Å². The van der Waals surface area contributed by atoms with Crippen LogP contribution in [0.4, 0.5) is 0 Å². The summed E-state index contributed by atoms with van der Waals surface area (Å²) in [6, 6.07) is 15.7. The van der Waals surface area contributed by atoms with Gasteiger partial charge in [0.2, 0.25) is 0 Å². The van der Waals surface area contributed by atoms with Crippen LogP contribution in [0, 0.1) is 9.49 Å². The normalized spacial score (nSPS) is 20.3. The number of alkyl halides is 3. The van der Waals surface area contributed by atoms with Gasteiger partial charge in [0.05, 0.1) is 0 Å². The molecule has 2 aromatic rings. The second kappa shape index (κ2) is 8.33. The Morgan fingerprint density at radius 3 is 2.29 bits per heavy atom. The summed E-state index contributed by atoms with van der Waals surface area (Å²) in [7, 11) is 0. The zero-order valence-corrected chi connectivity index (χ0v) is 19.7. The maximum Gasteiger partial charge on any atom is 0.274 e. The lowest BCUT2D eigenvalue weighted by Gasteiger charge is -2.38. The van der Waals surface area contributed by atoms with Crippen molar-refractivity contribution in [1.29, 1.82) is 0 Å². The molecular formula is C22H21Cl3INO. The van der Waals surface area contributed by atoms with Crippen molar-refractivity contribution in [2.45, 2.75) is 35.4 Å². The average molecular weight is 549 g/mol. The van der Waals surface area contributed by atoms with E-state index in [1.165, 1.54) is 25.8 Å². The highest BCUT2D eigenvalue weighted by atomic mass is 127. The van der Waals surface area contributed by atoms with Crippen molar-refractivity contribution < 1.29 is 4.79 Å². The number of hydrogen-bond donors (Lipinski definition) is 0. The third-order valence-electron chi connectivity index (χ3n) is 6.04. The number of hydrogen-bond acceptors (Lipinski definition) is 1. The van der Waals surface area contributed by atoms with Crippen molar-refractivity contribution in [3.05, 3.63) is 68.3 Å². The van der Waals surface area contributed by atoms with Crippen LogP contribution < -0.4 is 0 Å². The van der Waals surface area contributed by atoms with Gasteiger partial charge in [-0.1, -0.05) is 65.1 Å². The summed E-state index contributed by atoms with van der Waals surface area (Å²) in [4.78, 5) is 14.0. The van der Waals surface area contributed by atoms with Gasteiger partial charge in [-0.05, 0) is 88.6 Å². The van der Waals surface area contributed by atoms with Crippen LogP contribution in [0.25, 0.3) is 0 Å². The Kier molecular flexibility index (Phi) is 6.18. The molecular weight excluding hydrogens is 528 g/mol. The van der Waals surface area contributed by atoms with Gasteiger partial charge in [0.15, 0.2) is 0 Å². The minimum absolute atomic E-state index is 0.355. The maximum absolute atomic E-state index is 12.3. The minimum Gasteiger partial charge on any atom is -0.339 e. The summed E-state index contributed by atoms with van der Waals surface area (Å²) >= 11 is 19.8. The van der Waals surface area contributed by atoms with Crippen LogP contribution in [-0.4, -0.2) is 27.7 Å². The Hall–Kier alpha value is -0.490.